The number of halogens is 2. The van der Waals surface area contributed by atoms with E-state index >= 15 is 0 Å². The molecule has 0 N–H and O–H groups in total. The molecule has 0 radical (unpaired) electrons. The number of alkyl halides is 2. The fourth-order valence-corrected chi connectivity index (χ4v) is 2.35. The van der Waals surface area contributed by atoms with Crippen LogP contribution in [-0.4, -0.2) is 33.9 Å². The molecular formula is C14H17Br2N3O. The minimum absolute atomic E-state index is 0.572. The molecule has 0 bridgehead atoms. The standard InChI is InChI=1S/C14H17Br2N3O/c15-8-4-10-19(11-5-9-16)14-18-17-13(20-14)12-6-2-1-3-7-12/h1-3,6-7H,4-5,8-11H2. The predicted molar refractivity (Wildman–Crippen MR) is 88.8 cm³/mol. The maximum atomic E-state index is 5.80. The van der Waals surface area contributed by atoms with Crippen LogP contribution >= 0.6 is 31.9 Å². The van der Waals surface area contributed by atoms with Crippen LogP contribution in [0, 0.1) is 0 Å². The third-order valence-corrected chi connectivity index (χ3v) is 3.95. The lowest BCUT2D eigenvalue weighted by Gasteiger charge is -2.18. The Morgan fingerprint density at radius 3 is 2.20 bits per heavy atom. The highest BCUT2D eigenvalue weighted by Crippen LogP contribution is 2.22. The van der Waals surface area contributed by atoms with Gasteiger partial charge in [0.1, 0.15) is 0 Å². The smallest absolute Gasteiger partial charge is 0.318 e. The van der Waals surface area contributed by atoms with Gasteiger partial charge >= 0.3 is 6.01 Å². The van der Waals surface area contributed by atoms with Gasteiger partial charge in [0.15, 0.2) is 0 Å². The van der Waals surface area contributed by atoms with Crippen molar-refractivity contribution in [1.29, 1.82) is 0 Å². The van der Waals surface area contributed by atoms with E-state index in [-0.39, 0.29) is 0 Å². The quantitative estimate of drug-likeness (QED) is 0.623. The highest BCUT2D eigenvalue weighted by atomic mass is 79.9. The van der Waals surface area contributed by atoms with Gasteiger partial charge in [0.05, 0.1) is 0 Å². The Balaban J connectivity index is 2.11. The lowest BCUT2D eigenvalue weighted by molar-refractivity contribution is 0.539. The molecule has 108 valence electrons. The minimum atomic E-state index is 0.572. The first-order chi connectivity index (χ1) is 9.85. The Morgan fingerprint density at radius 1 is 0.950 bits per heavy atom. The molecule has 0 atom stereocenters. The third-order valence-electron chi connectivity index (χ3n) is 2.83. The SMILES string of the molecule is BrCCCN(CCCBr)c1nnc(-c2ccccc2)o1. The second-order valence-electron chi connectivity index (χ2n) is 4.33. The summed E-state index contributed by atoms with van der Waals surface area (Å²) in [5, 5.41) is 10.3. The molecule has 20 heavy (non-hydrogen) atoms. The van der Waals surface area contributed by atoms with Crippen LogP contribution in [0.2, 0.25) is 0 Å². The molecule has 1 aromatic carbocycles. The van der Waals surface area contributed by atoms with Crippen LogP contribution in [0.15, 0.2) is 34.7 Å². The summed E-state index contributed by atoms with van der Waals surface area (Å²) in [6.45, 7) is 1.82. The van der Waals surface area contributed by atoms with Gasteiger partial charge in [-0.25, -0.2) is 0 Å². The normalized spacial score (nSPS) is 10.7. The van der Waals surface area contributed by atoms with Gasteiger partial charge in [-0.3, -0.25) is 0 Å². The summed E-state index contributed by atoms with van der Waals surface area (Å²) in [5.74, 6) is 0.572. The van der Waals surface area contributed by atoms with Crippen LogP contribution in [0.1, 0.15) is 12.8 Å². The Labute approximate surface area is 135 Å². The van der Waals surface area contributed by atoms with Crippen LogP contribution in [0.25, 0.3) is 11.5 Å². The number of hydrogen-bond donors (Lipinski definition) is 0. The van der Waals surface area contributed by atoms with E-state index in [1.807, 2.05) is 30.3 Å². The van der Waals surface area contributed by atoms with Gasteiger partial charge in [-0.15, -0.1) is 5.10 Å². The van der Waals surface area contributed by atoms with Crippen molar-refractivity contribution in [1.82, 2.24) is 10.2 Å². The van der Waals surface area contributed by atoms with Crippen molar-refractivity contribution in [3.8, 4) is 11.5 Å². The molecule has 1 aromatic heterocycles. The summed E-state index contributed by atoms with van der Waals surface area (Å²) in [6.07, 6.45) is 2.09. The lowest BCUT2D eigenvalue weighted by atomic mass is 10.2. The van der Waals surface area contributed by atoms with Crippen LogP contribution < -0.4 is 4.90 Å². The van der Waals surface area contributed by atoms with Crippen molar-refractivity contribution in [2.75, 3.05) is 28.6 Å². The van der Waals surface area contributed by atoms with Gasteiger partial charge in [0.25, 0.3) is 0 Å². The van der Waals surface area contributed by atoms with Crippen molar-refractivity contribution in [3.63, 3.8) is 0 Å². The van der Waals surface area contributed by atoms with Crippen molar-refractivity contribution >= 4 is 37.9 Å². The first kappa shape index (κ1) is 15.5. The number of nitrogens with zero attached hydrogens (tertiary/aromatic N) is 3. The average Bonchev–Trinajstić information content (AvgIpc) is 2.98. The van der Waals surface area contributed by atoms with Gasteiger partial charge in [-0.1, -0.05) is 55.2 Å². The molecule has 0 aliphatic heterocycles. The van der Waals surface area contributed by atoms with E-state index in [1.165, 1.54) is 0 Å². The van der Waals surface area contributed by atoms with Gasteiger partial charge in [-0.05, 0) is 25.0 Å². The molecule has 6 heteroatoms. The highest BCUT2D eigenvalue weighted by Gasteiger charge is 2.14. The summed E-state index contributed by atoms with van der Waals surface area (Å²) in [5.41, 5.74) is 0.951. The Bertz CT molecular complexity index is 496. The monoisotopic (exact) mass is 401 g/mol. The molecule has 0 fully saturated rings. The summed E-state index contributed by atoms with van der Waals surface area (Å²) >= 11 is 6.92. The zero-order valence-electron chi connectivity index (χ0n) is 11.1. The number of aromatic nitrogens is 2. The molecule has 1 heterocycles. The summed E-state index contributed by atoms with van der Waals surface area (Å²) in [6, 6.07) is 10.4. The highest BCUT2D eigenvalue weighted by molar-refractivity contribution is 9.09. The van der Waals surface area contributed by atoms with E-state index in [2.05, 4.69) is 47.0 Å². The molecule has 0 saturated heterocycles. The molecule has 0 spiro atoms. The van der Waals surface area contributed by atoms with E-state index in [9.17, 15) is 0 Å². The van der Waals surface area contributed by atoms with E-state index in [0.29, 0.717) is 11.9 Å². The van der Waals surface area contributed by atoms with Crippen LogP contribution in [0.4, 0.5) is 6.01 Å². The van der Waals surface area contributed by atoms with Crippen molar-refractivity contribution in [2.24, 2.45) is 0 Å². The molecule has 0 amide bonds. The number of benzene rings is 1. The van der Waals surface area contributed by atoms with E-state index in [4.69, 9.17) is 4.42 Å². The summed E-state index contributed by atoms with van der Waals surface area (Å²) < 4.78 is 5.80. The molecule has 0 unspecified atom stereocenters. The first-order valence-electron chi connectivity index (χ1n) is 6.61. The zero-order chi connectivity index (χ0) is 14.2. The van der Waals surface area contributed by atoms with Crippen LogP contribution in [0.5, 0.6) is 0 Å². The van der Waals surface area contributed by atoms with Crippen molar-refractivity contribution in [3.05, 3.63) is 30.3 Å². The largest absolute Gasteiger partial charge is 0.403 e. The van der Waals surface area contributed by atoms with Gasteiger partial charge in [-0.2, -0.15) is 0 Å². The van der Waals surface area contributed by atoms with E-state index < -0.39 is 0 Å². The molecule has 2 aromatic rings. The van der Waals surface area contributed by atoms with E-state index in [1.54, 1.807) is 0 Å². The van der Waals surface area contributed by atoms with Crippen molar-refractivity contribution in [2.45, 2.75) is 12.8 Å². The third kappa shape index (κ3) is 4.31. The predicted octanol–water partition coefficient (Wildman–Crippen LogP) is 4.11. The van der Waals surface area contributed by atoms with Crippen molar-refractivity contribution < 1.29 is 4.42 Å². The second kappa shape index (κ2) is 8.42. The van der Waals surface area contributed by atoms with Crippen LogP contribution in [-0.2, 0) is 0 Å². The number of rotatable bonds is 8. The number of anilines is 1. The van der Waals surface area contributed by atoms with Gasteiger partial charge < -0.3 is 9.32 Å². The Hall–Kier alpha value is -0.880. The van der Waals surface area contributed by atoms with E-state index in [0.717, 1.165) is 42.2 Å². The first-order valence-corrected chi connectivity index (χ1v) is 8.85. The van der Waals surface area contributed by atoms with Crippen LogP contribution in [0.3, 0.4) is 0 Å². The molecule has 0 saturated carbocycles. The zero-order valence-corrected chi connectivity index (χ0v) is 14.3. The Morgan fingerprint density at radius 2 is 1.60 bits per heavy atom. The minimum Gasteiger partial charge on any atom is -0.403 e. The van der Waals surface area contributed by atoms with Gasteiger partial charge in [0.2, 0.25) is 5.89 Å². The molecule has 0 aliphatic carbocycles. The Kier molecular flexibility index (Phi) is 6.53. The lowest BCUT2D eigenvalue weighted by Crippen LogP contribution is -2.26. The fraction of sp³-hybridized carbons (Fsp3) is 0.429. The molecule has 4 nitrogen and oxygen atoms in total. The molecular weight excluding hydrogens is 386 g/mol. The maximum absolute atomic E-state index is 5.80. The summed E-state index contributed by atoms with van der Waals surface area (Å²) in [4.78, 5) is 2.14. The second-order valence-corrected chi connectivity index (χ2v) is 5.91. The molecule has 2 rings (SSSR count). The fourth-order valence-electron chi connectivity index (χ4n) is 1.84. The topological polar surface area (TPSA) is 42.2 Å². The van der Waals surface area contributed by atoms with Gasteiger partial charge in [0, 0.05) is 29.3 Å². The average molecular weight is 403 g/mol. The number of hydrogen-bond acceptors (Lipinski definition) is 4. The summed E-state index contributed by atoms with van der Waals surface area (Å²) in [7, 11) is 0. The molecule has 0 aliphatic rings. The maximum Gasteiger partial charge on any atom is 0.318 e.